The van der Waals surface area contributed by atoms with Gasteiger partial charge in [-0.05, 0) is 96.8 Å². The predicted molar refractivity (Wildman–Crippen MR) is 198 cm³/mol. The van der Waals surface area contributed by atoms with Crippen molar-refractivity contribution in [1.29, 1.82) is 0 Å². The molecule has 1 atom stereocenters. The zero-order valence-electron chi connectivity index (χ0n) is 26.6. The molecular formula is C42H30N6. The quantitative estimate of drug-likeness (QED) is 0.198. The molecule has 6 nitrogen and oxygen atoms in total. The summed E-state index contributed by atoms with van der Waals surface area (Å²) in [5.41, 5.74) is 14.6. The number of fused-ring (bicyclic) bond motifs is 8. The monoisotopic (exact) mass is 618 g/mol. The van der Waals surface area contributed by atoms with Gasteiger partial charge in [-0.15, -0.1) is 0 Å². The van der Waals surface area contributed by atoms with Crippen LogP contribution in [-0.4, -0.2) is 31.2 Å². The Kier molecular flexibility index (Phi) is 5.73. The van der Waals surface area contributed by atoms with Crippen LogP contribution in [0, 0.1) is 19.8 Å². The number of allylic oxidation sites excluding steroid dienone is 1. The Bertz CT molecular complexity index is 2740. The van der Waals surface area contributed by atoms with E-state index in [2.05, 4.69) is 136 Å². The molecule has 0 aliphatic carbocycles. The van der Waals surface area contributed by atoms with E-state index in [1.165, 1.54) is 38.9 Å². The van der Waals surface area contributed by atoms with Gasteiger partial charge in [-0.25, -0.2) is 20.0 Å². The fourth-order valence-corrected chi connectivity index (χ4v) is 7.78. The molecule has 0 saturated heterocycles. The van der Waals surface area contributed by atoms with Crippen molar-refractivity contribution >= 4 is 61.6 Å². The molecular weight excluding hydrogens is 589 g/mol. The molecule has 228 valence electrons. The van der Waals surface area contributed by atoms with Crippen molar-refractivity contribution in [2.75, 3.05) is 0 Å². The minimum atomic E-state index is 0.202. The maximum absolute atomic E-state index is 5.06. The van der Waals surface area contributed by atoms with Gasteiger partial charge in [0.15, 0.2) is 5.65 Å². The van der Waals surface area contributed by atoms with Gasteiger partial charge in [-0.2, -0.15) is 0 Å². The lowest BCUT2D eigenvalue weighted by Crippen LogP contribution is -2.20. The molecule has 2 aliphatic heterocycles. The minimum Gasteiger partial charge on any atom is -0.311 e. The predicted octanol–water partition coefficient (Wildman–Crippen LogP) is 9.80. The van der Waals surface area contributed by atoms with Crippen molar-refractivity contribution in [3.05, 3.63) is 138 Å². The summed E-state index contributed by atoms with van der Waals surface area (Å²) < 4.78 is 4.73. The molecule has 1 unspecified atom stereocenters. The number of amidine groups is 1. The number of hydrogen-bond acceptors (Lipinski definition) is 4. The van der Waals surface area contributed by atoms with Gasteiger partial charge in [0, 0.05) is 52.3 Å². The number of hydrogen-bond donors (Lipinski definition) is 0. The highest BCUT2D eigenvalue weighted by atomic mass is 15.1. The first-order chi connectivity index (χ1) is 23.6. The van der Waals surface area contributed by atoms with Crippen molar-refractivity contribution in [1.82, 2.24) is 19.1 Å². The summed E-state index contributed by atoms with van der Waals surface area (Å²) in [6.45, 7) is 4.43. The normalized spacial score (nSPS) is 15.4. The lowest BCUT2D eigenvalue weighted by molar-refractivity contribution is 0.776. The molecule has 0 N–H and O–H groups in total. The molecule has 0 fully saturated rings. The van der Waals surface area contributed by atoms with Crippen LogP contribution >= 0.6 is 0 Å². The highest BCUT2D eigenvalue weighted by Crippen LogP contribution is 2.42. The van der Waals surface area contributed by atoms with E-state index in [-0.39, 0.29) is 5.92 Å². The summed E-state index contributed by atoms with van der Waals surface area (Å²) >= 11 is 0. The van der Waals surface area contributed by atoms with Crippen LogP contribution in [0.2, 0.25) is 0 Å². The highest BCUT2D eigenvalue weighted by Gasteiger charge is 2.28. The number of aryl methyl sites for hydroxylation is 2. The molecule has 0 bridgehead atoms. The number of benzene rings is 4. The SMILES string of the molecule is Cc1cc(-n2c3c(c4ccccc42)N=C2N=CC=CC2C3)ccc1-c1ccc(-n2c3ccccc3c3nc4ncccc4cc32)cc1C. The molecule has 10 rings (SSSR count). The Morgan fingerprint density at radius 2 is 1.40 bits per heavy atom. The van der Waals surface area contributed by atoms with Crippen LogP contribution in [0.4, 0.5) is 5.69 Å². The van der Waals surface area contributed by atoms with E-state index in [1.54, 1.807) is 6.20 Å². The number of aromatic nitrogens is 4. The van der Waals surface area contributed by atoms with Gasteiger partial charge in [0.25, 0.3) is 0 Å². The Morgan fingerprint density at radius 1 is 0.688 bits per heavy atom. The van der Waals surface area contributed by atoms with Gasteiger partial charge in [0.2, 0.25) is 0 Å². The Hall–Kier alpha value is -6.14. The van der Waals surface area contributed by atoms with Gasteiger partial charge in [0.1, 0.15) is 5.84 Å². The second-order valence-electron chi connectivity index (χ2n) is 12.8. The zero-order valence-corrected chi connectivity index (χ0v) is 26.6. The van der Waals surface area contributed by atoms with Crippen LogP contribution in [0.5, 0.6) is 0 Å². The van der Waals surface area contributed by atoms with E-state index in [0.717, 1.165) is 62.3 Å². The van der Waals surface area contributed by atoms with E-state index in [1.807, 2.05) is 18.4 Å². The smallest absolute Gasteiger partial charge is 0.159 e. The van der Waals surface area contributed by atoms with Crippen LogP contribution < -0.4 is 0 Å². The minimum absolute atomic E-state index is 0.202. The number of nitrogens with zero attached hydrogens (tertiary/aromatic N) is 6. The largest absolute Gasteiger partial charge is 0.311 e. The van der Waals surface area contributed by atoms with Gasteiger partial charge in [0.05, 0.1) is 33.4 Å². The van der Waals surface area contributed by atoms with Crippen LogP contribution in [0.3, 0.4) is 0 Å². The van der Waals surface area contributed by atoms with Gasteiger partial charge >= 0.3 is 0 Å². The second-order valence-corrected chi connectivity index (χ2v) is 12.8. The molecule has 4 aromatic carbocycles. The maximum atomic E-state index is 5.06. The van der Waals surface area contributed by atoms with Gasteiger partial charge < -0.3 is 9.13 Å². The van der Waals surface area contributed by atoms with E-state index < -0.39 is 0 Å². The second kappa shape index (κ2) is 10.2. The lowest BCUT2D eigenvalue weighted by Gasteiger charge is -2.22. The Labute approximate surface area is 277 Å². The average molecular weight is 619 g/mol. The molecule has 6 heteroatoms. The molecule has 6 heterocycles. The van der Waals surface area contributed by atoms with Crippen LogP contribution in [0.1, 0.15) is 16.8 Å². The molecule has 8 aromatic rings. The first kappa shape index (κ1) is 27.0. The van der Waals surface area contributed by atoms with Crippen LogP contribution in [0.15, 0.2) is 131 Å². The summed E-state index contributed by atoms with van der Waals surface area (Å²) in [4.78, 5) is 19.2. The standard InChI is InChI=1S/C42H30N6/c1-25-21-29(47-35-13-5-3-11-33(35)39-37(47)23-27-9-7-19-43-41(27)45-39)15-17-31(25)32-18-16-30(22-26(32)2)48-36-14-6-4-12-34(36)40-38(48)24-28-10-8-20-44-42(28)46-40/h3-23,28H,24H2,1-2H3. The fraction of sp³-hybridized carbons (Fsp3) is 0.0952. The van der Waals surface area contributed by atoms with Crippen LogP contribution in [-0.2, 0) is 6.42 Å². The number of para-hydroxylation sites is 2. The lowest BCUT2D eigenvalue weighted by atomic mass is 9.95. The maximum Gasteiger partial charge on any atom is 0.159 e. The highest BCUT2D eigenvalue weighted by molar-refractivity contribution is 6.10. The first-order valence-electron chi connectivity index (χ1n) is 16.4. The Balaban J connectivity index is 1.08. The van der Waals surface area contributed by atoms with Gasteiger partial charge in [-0.1, -0.05) is 54.6 Å². The average Bonchev–Trinajstić information content (AvgIpc) is 3.61. The van der Waals surface area contributed by atoms with E-state index in [0.29, 0.717) is 0 Å². The summed E-state index contributed by atoms with van der Waals surface area (Å²) in [6.07, 6.45) is 8.77. The zero-order chi connectivity index (χ0) is 31.9. The third kappa shape index (κ3) is 3.92. The van der Waals surface area contributed by atoms with Crippen molar-refractivity contribution in [3.63, 3.8) is 0 Å². The summed E-state index contributed by atoms with van der Waals surface area (Å²) in [5, 5.41) is 3.33. The van der Waals surface area contributed by atoms with Crippen LogP contribution in [0.25, 0.3) is 66.4 Å². The molecule has 0 spiro atoms. The van der Waals surface area contributed by atoms with E-state index in [4.69, 9.17) is 9.98 Å². The van der Waals surface area contributed by atoms with Crippen molar-refractivity contribution in [3.8, 4) is 22.5 Å². The number of pyridine rings is 2. The van der Waals surface area contributed by atoms with E-state index >= 15 is 0 Å². The Morgan fingerprint density at radius 3 is 2.17 bits per heavy atom. The third-order valence-electron chi connectivity index (χ3n) is 9.99. The molecule has 2 aliphatic rings. The third-order valence-corrected chi connectivity index (χ3v) is 9.99. The molecule has 48 heavy (non-hydrogen) atoms. The molecule has 0 amide bonds. The molecule has 4 aromatic heterocycles. The number of aliphatic imine (C=N–C) groups is 2. The molecule has 0 saturated carbocycles. The summed E-state index contributed by atoms with van der Waals surface area (Å²) in [5.74, 6) is 1.11. The molecule has 0 radical (unpaired) electrons. The first-order valence-corrected chi connectivity index (χ1v) is 16.4. The summed E-state index contributed by atoms with van der Waals surface area (Å²) in [7, 11) is 0. The van der Waals surface area contributed by atoms with Crippen molar-refractivity contribution < 1.29 is 0 Å². The van der Waals surface area contributed by atoms with E-state index in [9.17, 15) is 0 Å². The number of rotatable bonds is 3. The topological polar surface area (TPSA) is 60.4 Å². The van der Waals surface area contributed by atoms with Crippen molar-refractivity contribution in [2.45, 2.75) is 20.3 Å². The summed E-state index contributed by atoms with van der Waals surface area (Å²) in [6, 6.07) is 37.0. The van der Waals surface area contributed by atoms with Crippen molar-refractivity contribution in [2.24, 2.45) is 15.9 Å². The fourth-order valence-electron chi connectivity index (χ4n) is 7.78. The number of dihydropyridines is 1. The van der Waals surface area contributed by atoms with Gasteiger partial charge in [-0.3, -0.25) is 0 Å².